The maximum absolute atomic E-state index is 15.3. The standard InChI is InChI=1S/C24H16Cl2F3N11/c25-16-3-5-19(39-13-21(26)34-36-39)22(23(16)27)14-2-4-17(30-8-14)20(12-37-7-1-6-31-37)38-10-15(9-32-38)18-11-40(24(28)29)35-33-18/h1-11,13,20,24H,12H2/p+1/t20-/m0/s1. The number of benzene rings is 1. The zero-order valence-electron chi connectivity index (χ0n) is 20.2. The average molecular weight is 587 g/mol. The van der Waals surface area contributed by atoms with Crippen LogP contribution < -0.4 is 4.68 Å². The minimum absolute atomic E-state index is 0.0570. The van der Waals surface area contributed by atoms with E-state index in [-0.39, 0.29) is 21.4 Å². The van der Waals surface area contributed by atoms with E-state index >= 15 is 4.39 Å². The molecule has 0 bridgehead atoms. The molecule has 0 saturated carbocycles. The Morgan fingerprint density at radius 2 is 1.88 bits per heavy atom. The molecule has 0 unspecified atom stereocenters. The lowest BCUT2D eigenvalue weighted by Crippen LogP contribution is -2.33. The fourth-order valence-electron chi connectivity index (χ4n) is 4.20. The molecule has 1 atom stereocenters. The minimum atomic E-state index is -2.81. The topological polar surface area (TPSA) is 112 Å². The first-order valence-corrected chi connectivity index (χ1v) is 12.4. The van der Waals surface area contributed by atoms with Gasteiger partial charge < -0.3 is 0 Å². The van der Waals surface area contributed by atoms with Crippen molar-refractivity contribution in [2.75, 3.05) is 0 Å². The number of nitrogens with zero attached hydrogens (tertiary/aromatic N) is 10. The van der Waals surface area contributed by atoms with Crippen LogP contribution in [0, 0.1) is 5.82 Å². The van der Waals surface area contributed by atoms with Crippen molar-refractivity contribution in [3.63, 3.8) is 0 Å². The molecule has 1 aromatic carbocycles. The van der Waals surface area contributed by atoms with Crippen molar-refractivity contribution in [2.24, 2.45) is 0 Å². The highest BCUT2D eigenvalue weighted by molar-refractivity contribution is 6.31. The van der Waals surface area contributed by atoms with Crippen LogP contribution in [-0.4, -0.2) is 49.9 Å². The second-order valence-electron chi connectivity index (χ2n) is 8.58. The largest absolute Gasteiger partial charge is 0.334 e. The summed E-state index contributed by atoms with van der Waals surface area (Å²) in [6, 6.07) is 7.86. The molecule has 0 aliphatic carbocycles. The Hall–Kier alpha value is -4.56. The molecule has 1 N–H and O–H groups in total. The first kappa shape index (κ1) is 25.7. The number of aromatic amines is 1. The summed E-state index contributed by atoms with van der Waals surface area (Å²) in [7, 11) is 0. The molecule has 0 spiro atoms. The molecular formula is C24H17Cl2F3N11+. The lowest BCUT2D eigenvalue weighted by atomic mass is 10.0. The van der Waals surface area contributed by atoms with Gasteiger partial charge >= 0.3 is 11.7 Å². The van der Waals surface area contributed by atoms with Crippen LogP contribution in [0.25, 0.3) is 28.1 Å². The van der Waals surface area contributed by atoms with Crippen LogP contribution in [-0.2, 0) is 6.54 Å². The Kier molecular flexibility index (Phi) is 6.77. The van der Waals surface area contributed by atoms with Gasteiger partial charge in [-0.25, -0.2) is 4.39 Å². The number of nitrogens with one attached hydrogen (secondary N) is 1. The minimum Gasteiger partial charge on any atom is -0.270 e. The molecule has 202 valence electrons. The highest BCUT2D eigenvalue weighted by Crippen LogP contribution is 2.32. The lowest BCUT2D eigenvalue weighted by Gasteiger charge is -2.18. The number of halogens is 5. The van der Waals surface area contributed by atoms with E-state index in [0.29, 0.717) is 33.7 Å². The summed E-state index contributed by atoms with van der Waals surface area (Å²) in [5, 5.41) is 22.7. The van der Waals surface area contributed by atoms with Crippen LogP contribution in [0.3, 0.4) is 0 Å². The van der Waals surface area contributed by atoms with Gasteiger partial charge in [-0.1, -0.05) is 28.1 Å². The van der Waals surface area contributed by atoms with Gasteiger partial charge in [0.15, 0.2) is 17.7 Å². The third kappa shape index (κ3) is 4.94. The first-order valence-electron chi connectivity index (χ1n) is 11.7. The van der Waals surface area contributed by atoms with Gasteiger partial charge in [0.2, 0.25) is 0 Å². The molecule has 6 rings (SSSR count). The smallest absolute Gasteiger partial charge is 0.270 e. The summed E-state index contributed by atoms with van der Waals surface area (Å²) in [5.74, 6) is -0.631. The number of aromatic nitrogens is 11. The molecule has 0 fully saturated rings. The van der Waals surface area contributed by atoms with E-state index in [2.05, 4.69) is 35.8 Å². The Morgan fingerprint density at radius 1 is 1.00 bits per heavy atom. The highest BCUT2D eigenvalue weighted by Gasteiger charge is 2.23. The quantitative estimate of drug-likeness (QED) is 0.262. The summed E-state index contributed by atoms with van der Waals surface area (Å²) in [6.45, 7) is -2.45. The lowest BCUT2D eigenvalue weighted by molar-refractivity contribution is -0.659. The SMILES string of the molecule is Fc1c(Cl)ccc(-[n+]2cc(Cl)n[nH]2)c1-c1ccc([C@H](Cn2cccn2)n2cc(-c3cn(C(F)F)nn3)cn2)nc1. The van der Waals surface area contributed by atoms with Crippen LogP contribution in [0.2, 0.25) is 10.2 Å². The zero-order valence-corrected chi connectivity index (χ0v) is 21.7. The van der Waals surface area contributed by atoms with Gasteiger partial charge in [0.1, 0.15) is 11.7 Å². The van der Waals surface area contributed by atoms with Gasteiger partial charge in [-0.05, 0) is 35.9 Å². The van der Waals surface area contributed by atoms with E-state index in [1.54, 1.807) is 52.2 Å². The van der Waals surface area contributed by atoms with E-state index in [1.807, 2.05) is 0 Å². The second-order valence-corrected chi connectivity index (χ2v) is 9.37. The van der Waals surface area contributed by atoms with Crippen molar-refractivity contribution in [1.29, 1.82) is 0 Å². The van der Waals surface area contributed by atoms with Gasteiger partial charge in [-0.3, -0.25) is 14.3 Å². The van der Waals surface area contributed by atoms with Gasteiger partial charge in [-0.15, -0.1) is 9.78 Å². The fraction of sp³-hybridized carbons (Fsp3) is 0.125. The summed E-state index contributed by atoms with van der Waals surface area (Å²) in [5.41, 5.74) is 2.41. The fourth-order valence-corrected chi connectivity index (χ4v) is 4.49. The Balaban J connectivity index is 1.37. The Bertz CT molecular complexity index is 1760. The number of hydrogen-bond donors (Lipinski definition) is 1. The molecule has 0 saturated heterocycles. The third-order valence-electron chi connectivity index (χ3n) is 6.10. The van der Waals surface area contributed by atoms with Crippen LogP contribution in [0.1, 0.15) is 18.3 Å². The molecule has 16 heteroatoms. The summed E-state index contributed by atoms with van der Waals surface area (Å²) in [4.78, 5) is 4.63. The van der Waals surface area contributed by atoms with E-state index in [9.17, 15) is 8.78 Å². The number of rotatable bonds is 8. The van der Waals surface area contributed by atoms with E-state index in [1.165, 1.54) is 29.3 Å². The second kappa shape index (κ2) is 10.5. The molecule has 6 aromatic rings. The number of pyridine rings is 1. The average Bonchev–Trinajstić information content (AvgIpc) is 3.76. The van der Waals surface area contributed by atoms with Crippen molar-refractivity contribution < 1.29 is 17.9 Å². The number of H-pyrrole nitrogens is 1. The Morgan fingerprint density at radius 3 is 2.55 bits per heavy atom. The predicted octanol–water partition coefficient (Wildman–Crippen LogP) is 4.53. The van der Waals surface area contributed by atoms with Crippen molar-refractivity contribution in [2.45, 2.75) is 19.1 Å². The maximum atomic E-state index is 15.3. The number of alkyl halides is 2. The van der Waals surface area contributed by atoms with E-state index in [0.717, 1.165) is 6.20 Å². The van der Waals surface area contributed by atoms with Crippen LogP contribution in [0.4, 0.5) is 13.2 Å². The summed E-state index contributed by atoms with van der Waals surface area (Å²) >= 11 is 12.1. The highest BCUT2D eigenvalue weighted by atomic mass is 35.5. The molecule has 40 heavy (non-hydrogen) atoms. The zero-order chi connectivity index (χ0) is 27.8. The van der Waals surface area contributed by atoms with Gasteiger partial charge in [0.05, 0.1) is 40.3 Å². The molecule has 11 nitrogen and oxygen atoms in total. The predicted molar refractivity (Wildman–Crippen MR) is 136 cm³/mol. The van der Waals surface area contributed by atoms with Gasteiger partial charge in [0, 0.05) is 35.9 Å². The summed E-state index contributed by atoms with van der Waals surface area (Å²) in [6.07, 6.45) is 10.8. The molecule has 0 aliphatic heterocycles. The van der Waals surface area contributed by atoms with Gasteiger partial charge in [-0.2, -0.15) is 23.7 Å². The third-order valence-corrected chi connectivity index (χ3v) is 6.57. The Labute approximate surface area is 233 Å². The molecule has 5 aromatic heterocycles. The molecule has 0 radical (unpaired) electrons. The molecule has 5 heterocycles. The molecule has 0 aliphatic rings. The van der Waals surface area contributed by atoms with Crippen molar-refractivity contribution in [1.82, 2.24) is 49.9 Å². The summed E-state index contributed by atoms with van der Waals surface area (Å²) < 4.78 is 46.5. The maximum Gasteiger partial charge on any atom is 0.334 e. The monoisotopic (exact) mass is 586 g/mol. The van der Waals surface area contributed by atoms with Crippen molar-refractivity contribution in [3.05, 3.63) is 95.4 Å². The van der Waals surface area contributed by atoms with Crippen molar-refractivity contribution in [3.8, 4) is 28.1 Å². The normalized spacial score (nSPS) is 12.3. The molecule has 0 amide bonds. The van der Waals surface area contributed by atoms with Gasteiger partial charge in [0.25, 0.3) is 0 Å². The van der Waals surface area contributed by atoms with E-state index < -0.39 is 18.4 Å². The van der Waals surface area contributed by atoms with Crippen molar-refractivity contribution >= 4 is 23.2 Å². The first-order chi connectivity index (χ1) is 19.4. The van der Waals surface area contributed by atoms with E-state index in [4.69, 9.17) is 23.2 Å². The molecular weight excluding hydrogens is 570 g/mol. The van der Waals surface area contributed by atoms with Crippen LogP contribution in [0.15, 0.2) is 73.7 Å². The van der Waals surface area contributed by atoms with Crippen LogP contribution in [0.5, 0.6) is 0 Å². The van der Waals surface area contributed by atoms with Crippen LogP contribution >= 0.6 is 23.2 Å². The number of hydrogen-bond acceptors (Lipinski definition) is 6.